The van der Waals surface area contributed by atoms with Gasteiger partial charge in [0.2, 0.25) is 0 Å². The molecule has 5 nitrogen and oxygen atoms in total. The first kappa shape index (κ1) is 13.2. The summed E-state index contributed by atoms with van der Waals surface area (Å²) in [4.78, 5) is 0. The van der Waals surface area contributed by atoms with E-state index in [4.69, 9.17) is 0 Å². The summed E-state index contributed by atoms with van der Waals surface area (Å²) >= 11 is 0. The number of nitrogens with zero attached hydrogens (tertiary/aromatic N) is 3. The predicted octanol–water partition coefficient (Wildman–Crippen LogP) is 2.53. The molecule has 1 unspecified atom stereocenters. The molecular weight excluding hydrogens is 266 g/mol. The average molecular weight is 275 g/mol. The molecule has 2 aromatic rings. The predicted molar refractivity (Wildman–Crippen MR) is 57.6 cm³/mol. The summed E-state index contributed by atoms with van der Waals surface area (Å²) in [6.45, 7) is 1.63. The fourth-order valence-corrected chi connectivity index (χ4v) is 1.46. The third-order valence-electron chi connectivity index (χ3n) is 2.42. The molecule has 0 radical (unpaired) electrons. The number of halogens is 4. The Morgan fingerprint density at radius 2 is 2.05 bits per heavy atom. The van der Waals surface area contributed by atoms with E-state index in [-0.39, 0.29) is 11.5 Å². The number of tetrazole rings is 1. The van der Waals surface area contributed by atoms with Gasteiger partial charge < -0.3 is 5.32 Å². The highest BCUT2D eigenvalue weighted by Crippen LogP contribution is 2.31. The fourth-order valence-electron chi connectivity index (χ4n) is 1.46. The molecule has 0 spiro atoms. The molecule has 0 amide bonds. The molecule has 2 rings (SSSR count). The first-order valence-electron chi connectivity index (χ1n) is 5.24. The number of hydrogen-bond donors (Lipinski definition) is 2. The molecule has 1 aromatic heterocycles. The zero-order chi connectivity index (χ0) is 14.0. The number of alkyl halides is 3. The number of anilines is 1. The number of H-pyrrole nitrogens is 1. The minimum absolute atomic E-state index is 0.0645. The van der Waals surface area contributed by atoms with Crippen LogP contribution in [0.4, 0.5) is 23.2 Å². The van der Waals surface area contributed by atoms with Crippen LogP contribution in [0, 0.1) is 5.82 Å². The number of hydrogen-bond acceptors (Lipinski definition) is 4. The fraction of sp³-hybridized carbons (Fsp3) is 0.300. The lowest BCUT2D eigenvalue weighted by Crippen LogP contribution is -2.11. The summed E-state index contributed by atoms with van der Waals surface area (Å²) in [7, 11) is 0. The highest BCUT2D eigenvalue weighted by Gasteiger charge is 2.31. The molecule has 0 aliphatic rings. The van der Waals surface area contributed by atoms with Gasteiger partial charge in [-0.05, 0) is 25.1 Å². The van der Waals surface area contributed by atoms with E-state index in [0.717, 1.165) is 12.1 Å². The van der Waals surface area contributed by atoms with Gasteiger partial charge in [0.15, 0.2) is 5.82 Å². The van der Waals surface area contributed by atoms with Crippen molar-refractivity contribution in [3.63, 3.8) is 0 Å². The Bertz CT molecular complexity index is 552. The summed E-state index contributed by atoms with van der Waals surface area (Å²) < 4.78 is 50.7. The topological polar surface area (TPSA) is 66.5 Å². The van der Waals surface area contributed by atoms with E-state index in [1.807, 2.05) is 0 Å². The van der Waals surface area contributed by atoms with Crippen LogP contribution in [-0.4, -0.2) is 20.6 Å². The van der Waals surface area contributed by atoms with E-state index in [2.05, 4.69) is 25.9 Å². The van der Waals surface area contributed by atoms with Crippen molar-refractivity contribution >= 4 is 5.69 Å². The molecule has 1 heterocycles. The van der Waals surface area contributed by atoms with Crippen LogP contribution < -0.4 is 5.32 Å². The molecule has 19 heavy (non-hydrogen) atoms. The summed E-state index contributed by atoms with van der Waals surface area (Å²) in [6, 6.07) is 1.76. The number of aromatic nitrogens is 4. The van der Waals surface area contributed by atoms with E-state index in [9.17, 15) is 17.6 Å². The number of aromatic amines is 1. The van der Waals surface area contributed by atoms with Crippen molar-refractivity contribution in [2.24, 2.45) is 0 Å². The minimum atomic E-state index is -4.57. The third kappa shape index (κ3) is 2.98. The van der Waals surface area contributed by atoms with Gasteiger partial charge in [-0.1, -0.05) is 5.21 Å². The van der Waals surface area contributed by atoms with E-state index in [1.54, 1.807) is 6.92 Å². The van der Waals surface area contributed by atoms with Crippen LogP contribution in [0.3, 0.4) is 0 Å². The van der Waals surface area contributed by atoms with Crippen molar-refractivity contribution in [1.82, 2.24) is 20.6 Å². The first-order chi connectivity index (χ1) is 8.88. The molecule has 0 fully saturated rings. The molecule has 9 heteroatoms. The average Bonchev–Trinajstić information content (AvgIpc) is 2.84. The lowest BCUT2D eigenvalue weighted by molar-refractivity contribution is -0.137. The van der Waals surface area contributed by atoms with Crippen LogP contribution in [0.1, 0.15) is 24.4 Å². The maximum Gasteiger partial charge on any atom is 0.416 e. The van der Waals surface area contributed by atoms with Gasteiger partial charge in [0, 0.05) is 0 Å². The van der Waals surface area contributed by atoms with E-state index < -0.39 is 23.6 Å². The summed E-state index contributed by atoms with van der Waals surface area (Å²) in [5.74, 6) is -0.718. The monoisotopic (exact) mass is 275 g/mol. The highest BCUT2D eigenvalue weighted by molar-refractivity contribution is 5.47. The van der Waals surface area contributed by atoms with Gasteiger partial charge in [0.05, 0.1) is 17.3 Å². The second-order valence-corrected chi connectivity index (χ2v) is 3.83. The molecule has 0 aliphatic heterocycles. The Morgan fingerprint density at radius 3 is 2.58 bits per heavy atom. The van der Waals surface area contributed by atoms with Gasteiger partial charge in [-0.3, -0.25) is 0 Å². The quantitative estimate of drug-likeness (QED) is 0.845. The lowest BCUT2D eigenvalue weighted by atomic mass is 10.1. The van der Waals surface area contributed by atoms with Gasteiger partial charge in [-0.25, -0.2) is 4.39 Å². The van der Waals surface area contributed by atoms with E-state index >= 15 is 0 Å². The normalized spacial score (nSPS) is 13.3. The first-order valence-corrected chi connectivity index (χ1v) is 5.24. The van der Waals surface area contributed by atoms with Crippen molar-refractivity contribution in [1.29, 1.82) is 0 Å². The van der Waals surface area contributed by atoms with Crippen LogP contribution in [0.15, 0.2) is 18.2 Å². The van der Waals surface area contributed by atoms with Crippen LogP contribution in [-0.2, 0) is 6.18 Å². The maximum atomic E-state index is 13.6. The molecule has 1 atom stereocenters. The summed E-state index contributed by atoms with van der Waals surface area (Å²) in [6.07, 6.45) is -4.57. The maximum absolute atomic E-state index is 13.6. The van der Waals surface area contributed by atoms with Crippen molar-refractivity contribution in [3.8, 4) is 0 Å². The molecule has 0 aliphatic carbocycles. The minimum Gasteiger partial charge on any atom is -0.373 e. The molecular formula is C10H9F4N5. The SMILES string of the molecule is CC(Nc1ccc(C(F)(F)F)cc1F)c1nn[nH]n1. The van der Waals surface area contributed by atoms with Crippen molar-refractivity contribution in [2.75, 3.05) is 5.32 Å². The Hall–Kier alpha value is -2.19. The molecule has 1 aromatic carbocycles. The smallest absolute Gasteiger partial charge is 0.373 e. The van der Waals surface area contributed by atoms with Crippen LogP contribution in [0.5, 0.6) is 0 Å². The zero-order valence-electron chi connectivity index (χ0n) is 9.66. The Balaban J connectivity index is 2.18. The molecule has 0 bridgehead atoms. The van der Waals surface area contributed by atoms with Gasteiger partial charge in [0.1, 0.15) is 5.82 Å². The van der Waals surface area contributed by atoms with Gasteiger partial charge in [0.25, 0.3) is 0 Å². The number of rotatable bonds is 3. The Morgan fingerprint density at radius 1 is 1.32 bits per heavy atom. The zero-order valence-corrected chi connectivity index (χ0v) is 9.66. The van der Waals surface area contributed by atoms with Crippen LogP contribution >= 0.6 is 0 Å². The molecule has 102 valence electrons. The number of benzene rings is 1. The van der Waals surface area contributed by atoms with Crippen molar-refractivity contribution in [2.45, 2.75) is 19.1 Å². The Labute approximate surface area is 105 Å². The molecule has 0 saturated heterocycles. The Kier molecular flexibility index (Phi) is 3.36. The molecule has 2 N–H and O–H groups in total. The van der Waals surface area contributed by atoms with Crippen LogP contribution in [0.25, 0.3) is 0 Å². The highest BCUT2D eigenvalue weighted by atomic mass is 19.4. The number of nitrogens with one attached hydrogen (secondary N) is 2. The third-order valence-corrected chi connectivity index (χ3v) is 2.42. The van der Waals surface area contributed by atoms with Crippen LogP contribution in [0.2, 0.25) is 0 Å². The lowest BCUT2D eigenvalue weighted by Gasteiger charge is -2.14. The van der Waals surface area contributed by atoms with Crippen molar-refractivity contribution in [3.05, 3.63) is 35.4 Å². The second kappa shape index (κ2) is 4.82. The molecule has 0 saturated carbocycles. The van der Waals surface area contributed by atoms with Gasteiger partial charge in [-0.15, -0.1) is 10.2 Å². The van der Waals surface area contributed by atoms with E-state index in [1.165, 1.54) is 0 Å². The standard InChI is InChI=1S/C10H9F4N5/c1-5(9-16-18-19-17-9)15-8-3-2-6(4-7(8)11)10(12,13)14/h2-5,15H,1H3,(H,16,17,18,19). The van der Waals surface area contributed by atoms with E-state index in [0.29, 0.717) is 6.07 Å². The van der Waals surface area contributed by atoms with Crippen molar-refractivity contribution < 1.29 is 17.6 Å². The largest absolute Gasteiger partial charge is 0.416 e. The van der Waals surface area contributed by atoms with Gasteiger partial charge >= 0.3 is 6.18 Å². The summed E-state index contributed by atoms with van der Waals surface area (Å²) in [5, 5.41) is 15.6. The van der Waals surface area contributed by atoms with Gasteiger partial charge in [-0.2, -0.15) is 18.4 Å². The summed E-state index contributed by atoms with van der Waals surface area (Å²) in [5.41, 5.74) is -1.10. The second-order valence-electron chi connectivity index (χ2n) is 3.83.